The molecule has 0 bridgehead atoms. The average molecular weight is 423 g/mol. The lowest BCUT2D eigenvalue weighted by atomic mass is 10.1. The summed E-state index contributed by atoms with van der Waals surface area (Å²) in [5.41, 5.74) is 0.834. The van der Waals surface area contributed by atoms with Gasteiger partial charge >= 0.3 is 0 Å². The smallest absolute Gasteiger partial charge is 0.201 e. The van der Waals surface area contributed by atoms with E-state index in [9.17, 15) is 14.0 Å². The SMILES string of the molecule is CN(C)CCCNc1nc2c(C(=N)N(O)c3ccc(F)c(Cl)c3)cc(F)cc2[nH]1. The first-order chi connectivity index (χ1) is 13.8. The van der Waals surface area contributed by atoms with Gasteiger partial charge in [-0.25, -0.2) is 18.8 Å². The van der Waals surface area contributed by atoms with Crippen LogP contribution in [-0.4, -0.2) is 53.1 Å². The number of hydrogen-bond acceptors (Lipinski definition) is 5. The number of anilines is 2. The number of hydroxylamine groups is 1. The van der Waals surface area contributed by atoms with Crippen LogP contribution < -0.4 is 10.4 Å². The molecule has 0 aliphatic rings. The Hall–Kier alpha value is -2.75. The van der Waals surface area contributed by atoms with Crippen LogP contribution >= 0.6 is 11.6 Å². The van der Waals surface area contributed by atoms with E-state index in [-0.39, 0.29) is 16.3 Å². The maximum Gasteiger partial charge on any atom is 0.201 e. The number of nitrogens with one attached hydrogen (secondary N) is 3. The van der Waals surface area contributed by atoms with Crippen molar-refractivity contribution in [2.24, 2.45) is 0 Å². The molecule has 7 nitrogen and oxygen atoms in total. The lowest BCUT2D eigenvalue weighted by Gasteiger charge is -2.18. The highest BCUT2D eigenvalue weighted by molar-refractivity contribution is 6.31. The van der Waals surface area contributed by atoms with Crippen molar-refractivity contribution in [1.82, 2.24) is 14.9 Å². The molecule has 10 heteroatoms. The Labute approximate surface area is 171 Å². The Morgan fingerprint density at radius 3 is 2.72 bits per heavy atom. The molecular weight excluding hydrogens is 402 g/mol. The minimum Gasteiger partial charge on any atom is -0.356 e. The summed E-state index contributed by atoms with van der Waals surface area (Å²) in [4.78, 5) is 9.42. The predicted octanol–water partition coefficient (Wildman–Crippen LogP) is 4.08. The molecule has 0 saturated heterocycles. The van der Waals surface area contributed by atoms with Crippen molar-refractivity contribution >= 4 is 40.1 Å². The van der Waals surface area contributed by atoms with Gasteiger partial charge < -0.3 is 15.2 Å². The zero-order valence-corrected chi connectivity index (χ0v) is 16.7. The number of benzene rings is 2. The monoisotopic (exact) mass is 422 g/mol. The zero-order valence-electron chi connectivity index (χ0n) is 15.9. The number of hydrogen-bond donors (Lipinski definition) is 4. The zero-order chi connectivity index (χ0) is 21.1. The number of fused-ring (bicyclic) bond motifs is 1. The largest absolute Gasteiger partial charge is 0.356 e. The molecule has 0 radical (unpaired) electrons. The molecular formula is C19H21ClF2N6O. The summed E-state index contributed by atoms with van der Waals surface area (Å²) >= 11 is 5.74. The minimum atomic E-state index is -0.652. The van der Waals surface area contributed by atoms with Gasteiger partial charge in [-0.3, -0.25) is 10.6 Å². The van der Waals surface area contributed by atoms with E-state index in [4.69, 9.17) is 17.0 Å². The number of aromatic amines is 1. The van der Waals surface area contributed by atoms with Crippen LogP contribution in [0.5, 0.6) is 0 Å². The third-order valence-corrected chi connectivity index (χ3v) is 4.53. The first kappa shape index (κ1) is 21.0. The lowest BCUT2D eigenvalue weighted by molar-refractivity contribution is 0.312. The fourth-order valence-corrected chi connectivity index (χ4v) is 2.98. The fraction of sp³-hybridized carbons (Fsp3) is 0.263. The molecule has 0 unspecified atom stereocenters. The van der Waals surface area contributed by atoms with E-state index in [0.29, 0.717) is 28.6 Å². The first-order valence-corrected chi connectivity index (χ1v) is 9.25. The van der Waals surface area contributed by atoms with Gasteiger partial charge in [-0.15, -0.1) is 0 Å². The van der Waals surface area contributed by atoms with Crippen molar-refractivity contribution in [3.63, 3.8) is 0 Å². The molecule has 3 aromatic rings. The molecule has 1 aromatic heterocycles. The van der Waals surface area contributed by atoms with E-state index < -0.39 is 17.5 Å². The summed E-state index contributed by atoms with van der Waals surface area (Å²) in [6, 6.07) is 5.87. The number of H-pyrrole nitrogens is 1. The number of rotatable bonds is 7. The van der Waals surface area contributed by atoms with Crippen LogP contribution in [0.25, 0.3) is 11.0 Å². The molecule has 154 valence electrons. The minimum absolute atomic E-state index is 0.0661. The van der Waals surface area contributed by atoms with Gasteiger partial charge in [-0.05, 0) is 57.4 Å². The molecule has 3 rings (SSSR count). The van der Waals surface area contributed by atoms with Gasteiger partial charge in [0.1, 0.15) is 17.2 Å². The third-order valence-electron chi connectivity index (χ3n) is 4.24. The second kappa shape index (κ2) is 8.73. The van der Waals surface area contributed by atoms with Gasteiger partial charge in [0.25, 0.3) is 0 Å². The van der Waals surface area contributed by atoms with E-state index in [1.54, 1.807) is 0 Å². The van der Waals surface area contributed by atoms with Crippen molar-refractivity contribution in [2.75, 3.05) is 37.6 Å². The van der Waals surface area contributed by atoms with Crippen LogP contribution in [0.15, 0.2) is 30.3 Å². The number of amidine groups is 1. The van der Waals surface area contributed by atoms with Crippen LogP contribution in [0.3, 0.4) is 0 Å². The molecule has 0 saturated carbocycles. The Morgan fingerprint density at radius 2 is 2.03 bits per heavy atom. The number of nitrogens with zero attached hydrogens (tertiary/aromatic N) is 3. The molecule has 29 heavy (non-hydrogen) atoms. The van der Waals surface area contributed by atoms with Crippen molar-refractivity contribution in [3.05, 3.63) is 52.6 Å². The van der Waals surface area contributed by atoms with Gasteiger partial charge in [-0.1, -0.05) is 11.6 Å². The summed E-state index contributed by atoms with van der Waals surface area (Å²) in [6.07, 6.45) is 0.886. The Balaban J connectivity index is 1.87. The first-order valence-electron chi connectivity index (χ1n) is 8.87. The van der Waals surface area contributed by atoms with Crippen LogP contribution in [-0.2, 0) is 0 Å². The molecule has 0 amide bonds. The van der Waals surface area contributed by atoms with Crippen molar-refractivity contribution < 1.29 is 14.0 Å². The number of imidazole rings is 1. The molecule has 2 aromatic carbocycles. The summed E-state index contributed by atoms with van der Waals surface area (Å²) in [5, 5.41) is 22.1. The average Bonchev–Trinajstić information content (AvgIpc) is 3.08. The van der Waals surface area contributed by atoms with Crippen LogP contribution in [0.2, 0.25) is 5.02 Å². The molecule has 0 aliphatic carbocycles. The number of halogens is 3. The molecule has 0 atom stereocenters. The quantitative estimate of drug-likeness (QED) is 0.199. The molecule has 0 spiro atoms. The maximum absolute atomic E-state index is 14.1. The van der Waals surface area contributed by atoms with Gasteiger partial charge in [0.2, 0.25) is 5.95 Å². The lowest BCUT2D eigenvalue weighted by Crippen LogP contribution is -2.27. The van der Waals surface area contributed by atoms with Gasteiger partial charge in [0.05, 0.1) is 16.2 Å². The van der Waals surface area contributed by atoms with Gasteiger partial charge in [-0.2, -0.15) is 0 Å². The molecule has 0 fully saturated rings. The molecule has 4 N–H and O–H groups in total. The second-order valence-corrected chi connectivity index (χ2v) is 7.18. The van der Waals surface area contributed by atoms with Crippen LogP contribution in [0.1, 0.15) is 12.0 Å². The van der Waals surface area contributed by atoms with Crippen molar-refractivity contribution in [1.29, 1.82) is 5.41 Å². The standard InChI is InChI=1S/C19H21ClF2N6O/c1-27(2)7-3-6-24-19-25-16-9-11(21)8-13(17(16)26-19)18(23)28(29)12-4-5-15(22)14(20)10-12/h4-5,8-10,23,29H,3,6-7H2,1-2H3,(H2,24,25,26). The normalized spacial score (nSPS) is 11.3. The van der Waals surface area contributed by atoms with E-state index >= 15 is 0 Å². The molecule has 0 aliphatic heterocycles. The summed E-state index contributed by atoms with van der Waals surface area (Å²) in [6.45, 7) is 1.56. The van der Waals surface area contributed by atoms with E-state index in [0.717, 1.165) is 25.1 Å². The van der Waals surface area contributed by atoms with Crippen LogP contribution in [0.4, 0.5) is 20.4 Å². The van der Waals surface area contributed by atoms with Gasteiger partial charge in [0, 0.05) is 12.1 Å². The molecule has 1 heterocycles. The van der Waals surface area contributed by atoms with Gasteiger partial charge in [0.15, 0.2) is 5.84 Å². The van der Waals surface area contributed by atoms with E-state index in [1.165, 1.54) is 18.2 Å². The second-order valence-electron chi connectivity index (χ2n) is 6.78. The summed E-state index contributed by atoms with van der Waals surface area (Å²) < 4.78 is 27.5. The topological polar surface area (TPSA) is 91.3 Å². The van der Waals surface area contributed by atoms with E-state index in [1.807, 2.05) is 14.1 Å². The Bertz CT molecular complexity index is 1040. The third kappa shape index (κ3) is 4.81. The highest BCUT2D eigenvalue weighted by Gasteiger charge is 2.19. The number of aromatic nitrogens is 2. The van der Waals surface area contributed by atoms with Crippen LogP contribution in [0, 0.1) is 17.0 Å². The fourth-order valence-electron chi connectivity index (χ4n) is 2.81. The van der Waals surface area contributed by atoms with Crippen molar-refractivity contribution in [3.8, 4) is 0 Å². The van der Waals surface area contributed by atoms with Crippen molar-refractivity contribution in [2.45, 2.75) is 6.42 Å². The predicted molar refractivity (Wildman–Crippen MR) is 110 cm³/mol. The summed E-state index contributed by atoms with van der Waals surface area (Å²) in [5.74, 6) is -1.23. The highest BCUT2D eigenvalue weighted by atomic mass is 35.5. The Kier molecular flexibility index (Phi) is 6.31. The van der Waals surface area contributed by atoms with E-state index in [2.05, 4.69) is 20.2 Å². The highest BCUT2D eigenvalue weighted by Crippen LogP contribution is 2.26. The summed E-state index contributed by atoms with van der Waals surface area (Å²) in [7, 11) is 3.97. The Morgan fingerprint density at radius 1 is 1.28 bits per heavy atom. The maximum atomic E-state index is 14.1.